The predicted octanol–water partition coefficient (Wildman–Crippen LogP) is 2.52. The minimum atomic E-state index is -0.228. The van der Waals surface area contributed by atoms with E-state index in [1.54, 1.807) is 14.0 Å². The molecule has 0 atom stereocenters. The monoisotopic (exact) mass is 272 g/mol. The number of aromatic nitrogens is 2. The van der Waals surface area contributed by atoms with Crippen LogP contribution in [0.4, 0.5) is 11.4 Å². The van der Waals surface area contributed by atoms with Crippen LogP contribution in [0.15, 0.2) is 24.3 Å². The van der Waals surface area contributed by atoms with Crippen molar-refractivity contribution in [1.29, 1.82) is 0 Å². The third kappa shape index (κ3) is 2.66. The standard InChI is InChI=1S/C15H20N4O/c1-4-7-11-8-5-6-9-12(11)17-15(20)14-13(16)10(2)18-19(14)3/h5-6,8-9H,4,7,16H2,1-3H3,(H,17,20). The molecule has 0 saturated heterocycles. The summed E-state index contributed by atoms with van der Waals surface area (Å²) < 4.78 is 1.52. The van der Waals surface area contributed by atoms with E-state index in [1.165, 1.54) is 4.68 Å². The van der Waals surface area contributed by atoms with Crippen molar-refractivity contribution in [3.05, 3.63) is 41.2 Å². The molecule has 0 spiro atoms. The number of hydrogen-bond acceptors (Lipinski definition) is 3. The number of anilines is 2. The van der Waals surface area contributed by atoms with Crippen LogP contribution in [0.3, 0.4) is 0 Å². The Labute approximate surface area is 118 Å². The Morgan fingerprint density at radius 1 is 1.40 bits per heavy atom. The number of nitrogens with zero attached hydrogens (tertiary/aromatic N) is 2. The maximum absolute atomic E-state index is 12.4. The molecule has 0 unspecified atom stereocenters. The van der Waals surface area contributed by atoms with Crippen LogP contribution in [-0.4, -0.2) is 15.7 Å². The fourth-order valence-corrected chi connectivity index (χ4v) is 2.25. The minimum Gasteiger partial charge on any atom is -0.395 e. The van der Waals surface area contributed by atoms with E-state index in [1.807, 2.05) is 24.3 Å². The molecule has 0 bridgehead atoms. The van der Waals surface area contributed by atoms with Crippen molar-refractivity contribution in [1.82, 2.24) is 9.78 Å². The van der Waals surface area contributed by atoms with Crippen molar-refractivity contribution < 1.29 is 4.79 Å². The number of carbonyl (C=O) groups excluding carboxylic acids is 1. The van der Waals surface area contributed by atoms with Gasteiger partial charge < -0.3 is 11.1 Å². The molecule has 1 amide bonds. The lowest BCUT2D eigenvalue weighted by molar-refractivity contribution is 0.101. The molecule has 0 aliphatic carbocycles. The number of para-hydroxylation sites is 1. The van der Waals surface area contributed by atoms with E-state index in [9.17, 15) is 4.79 Å². The Morgan fingerprint density at radius 3 is 2.70 bits per heavy atom. The first kappa shape index (κ1) is 14.1. The van der Waals surface area contributed by atoms with Gasteiger partial charge in [-0.3, -0.25) is 9.48 Å². The topological polar surface area (TPSA) is 72.9 Å². The van der Waals surface area contributed by atoms with E-state index in [0.29, 0.717) is 17.1 Å². The highest BCUT2D eigenvalue weighted by Gasteiger charge is 2.18. The lowest BCUT2D eigenvalue weighted by atomic mass is 10.1. The third-order valence-electron chi connectivity index (χ3n) is 3.27. The number of nitrogens with one attached hydrogen (secondary N) is 1. The number of carbonyl (C=O) groups is 1. The summed E-state index contributed by atoms with van der Waals surface area (Å²) in [5, 5.41) is 7.09. The molecular weight excluding hydrogens is 252 g/mol. The summed E-state index contributed by atoms with van der Waals surface area (Å²) in [4.78, 5) is 12.4. The Hall–Kier alpha value is -2.30. The molecule has 0 aliphatic rings. The summed E-state index contributed by atoms with van der Waals surface area (Å²) in [6.07, 6.45) is 1.95. The van der Waals surface area contributed by atoms with Crippen LogP contribution in [-0.2, 0) is 13.5 Å². The smallest absolute Gasteiger partial charge is 0.276 e. The summed E-state index contributed by atoms with van der Waals surface area (Å²) in [6.45, 7) is 3.90. The highest BCUT2D eigenvalue weighted by atomic mass is 16.2. The number of benzene rings is 1. The number of nitrogens with two attached hydrogens (primary N) is 1. The number of amides is 1. The average Bonchev–Trinajstić information content (AvgIpc) is 2.66. The van der Waals surface area contributed by atoms with E-state index in [0.717, 1.165) is 24.1 Å². The van der Waals surface area contributed by atoms with Gasteiger partial charge in [-0.05, 0) is 25.0 Å². The molecule has 5 heteroatoms. The maximum Gasteiger partial charge on any atom is 0.276 e. The molecule has 2 rings (SSSR count). The van der Waals surface area contributed by atoms with Crippen LogP contribution in [0.25, 0.3) is 0 Å². The first-order chi connectivity index (χ1) is 9.54. The highest BCUT2D eigenvalue weighted by Crippen LogP contribution is 2.20. The van der Waals surface area contributed by atoms with Crippen LogP contribution in [0.5, 0.6) is 0 Å². The highest BCUT2D eigenvalue weighted by molar-refractivity contribution is 6.07. The minimum absolute atomic E-state index is 0.228. The van der Waals surface area contributed by atoms with E-state index >= 15 is 0 Å². The van der Waals surface area contributed by atoms with E-state index in [2.05, 4.69) is 17.3 Å². The lowest BCUT2D eigenvalue weighted by Crippen LogP contribution is -2.18. The fourth-order valence-electron chi connectivity index (χ4n) is 2.25. The Bertz CT molecular complexity index is 631. The zero-order valence-corrected chi connectivity index (χ0v) is 12.1. The normalized spacial score (nSPS) is 10.6. The van der Waals surface area contributed by atoms with Crippen molar-refractivity contribution >= 4 is 17.3 Å². The molecule has 1 aromatic heterocycles. The van der Waals surface area contributed by atoms with Gasteiger partial charge >= 0.3 is 0 Å². The van der Waals surface area contributed by atoms with Gasteiger partial charge in [0.1, 0.15) is 5.69 Å². The number of nitrogen functional groups attached to an aromatic ring is 1. The zero-order valence-electron chi connectivity index (χ0n) is 12.1. The second kappa shape index (κ2) is 5.77. The maximum atomic E-state index is 12.4. The van der Waals surface area contributed by atoms with Gasteiger partial charge in [0, 0.05) is 12.7 Å². The summed E-state index contributed by atoms with van der Waals surface area (Å²) in [5.74, 6) is -0.228. The summed E-state index contributed by atoms with van der Waals surface area (Å²) in [6, 6.07) is 7.81. The van der Waals surface area contributed by atoms with Crippen molar-refractivity contribution in [2.75, 3.05) is 11.1 Å². The summed E-state index contributed by atoms with van der Waals surface area (Å²) in [5.41, 5.74) is 9.36. The van der Waals surface area contributed by atoms with Crippen molar-refractivity contribution in [2.24, 2.45) is 7.05 Å². The lowest BCUT2D eigenvalue weighted by Gasteiger charge is -2.11. The Kier molecular flexibility index (Phi) is 4.08. The number of hydrogen-bond donors (Lipinski definition) is 2. The van der Waals surface area contributed by atoms with E-state index < -0.39 is 0 Å². The first-order valence-corrected chi connectivity index (χ1v) is 6.73. The molecule has 106 valence electrons. The fraction of sp³-hybridized carbons (Fsp3) is 0.333. The molecule has 0 radical (unpaired) electrons. The van der Waals surface area contributed by atoms with Gasteiger partial charge in [0.2, 0.25) is 0 Å². The summed E-state index contributed by atoms with van der Waals surface area (Å²) >= 11 is 0. The van der Waals surface area contributed by atoms with Crippen LogP contribution in [0.1, 0.15) is 35.1 Å². The zero-order chi connectivity index (χ0) is 14.7. The Morgan fingerprint density at radius 2 is 2.10 bits per heavy atom. The SMILES string of the molecule is CCCc1ccccc1NC(=O)c1c(N)c(C)nn1C. The molecule has 0 aliphatic heterocycles. The molecule has 0 fully saturated rings. The van der Waals surface area contributed by atoms with Crippen LogP contribution in [0, 0.1) is 6.92 Å². The first-order valence-electron chi connectivity index (χ1n) is 6.73. The third-order valence-corrected chi connectivity index (χ3v) is 3.27. The van der Waals surface area contributed by atoms with Gasteiger partial charge in [-0.1, -0.05) is 31.5 Å². The van der Waals surface area contributed by atoms with Crippen LogP contribution < -0.4 is 11.1 Å². The van der Waals surface area contributed by atoms with E-state index in [-0.39, 0.29) is 5.91 Å². The summed E-state index contributed by atoms with van der Waals surface area (Å²) in [7, 11) is 1.72. The average molecular weight is 272 g/mol. The molecule has 5 nitrogen and oxygen atoms in total. The van der Waals surface area contributed by atoms with Gasteiger partial charge in [0.05, 0.1) is 11.4 Å². The Balaban J connectivity index is 2.28. The van der Waals surface area contributed by atoms with Crippen LogP contribution >= 0.6 is 0 Å². The number of rotatable bonds is 4. The molecule has 20 heavy (non-hydrogen) atoms. The second-order valence-corrected chi connectivity index (χ2v) is 4.83. The largest absolute Gasteiger partial charge is 0.395 e. The van der Waals surface area contributed by atoms with Gasteiger partial charge in [0.25, 0.3) is 5.91 Å². The molecular formula is C15H20N4O. The molecule has 1 aromatic carbocycles. The molecule has 0 saturated carbocycles. The van der Waals surface area contributed by atoms with E-state index in [4.69, 9.17) is 5.73 Å². The van der Waals surface area contributed by atoms with Gasteiger partial charge in [-0.15, -0.1) is 0 Å². The van der Waals surface area contributed by atoms with Crippen LogP contribution in [0.2, 0.25) is 0 Å². The molecule has 3 N–H and O–H groups in total. The van der Waals surface area contributed by atoms with Crippen molar-refractivity contribution in [3.8, 4) is 0 Å². The van der Waals surface area contributed by atoms with Crippen molar-refractivity contribution in [2.45, 2.75) is 26.7 Å². The van der Waals surface area contributed by atoms with Gasteiger partial charge in [0.15, 0.2) is 0 Å². The second-order valence-electron chi connectivity index (χ2n) is 4.83. The molecule has 2 aromatic rings. The quantitative estimate of drug-likeness (QED) is 0.898. The molecule has 1 heterocycles. The van der Waals surface area contributed by atoms with Gasteiger partial charge in [-0.2, -0.15) is 5.10 Å². The predicted molar refractivity (Wildman–Crippen MR) is 80.7 cm³/mol. The van der Waals surface area contributed by atoms with Gasteiger partial charge in [-0.25, -0.2) is 0 Å². The van der Waals surface area contributed by atoms with Crippen molar-refractivity contribution in [3.63, 3.8) is 0 Å². The number of aryl methyl sites for hydroxylation is 3.